The summed E-state index contributed by atoms with van der Waals surface area (Å²) in [4.78, 5) is 0. The first-order valence-corrected chi connectivity index (χ1v) is 14.8. The molecule has 0 aromatic heterocycles. The predicted octanol–water partition coefficient (Wildman–Crippen LogP) is 10.4. The minimum absolute atomic E-state index is 0.0658. The molecule has 0 spiro atoms. The fourth-order valence-corrected chi connectivity index (χ4v) is 6.46. The lowest BCUT2D eigenvalue weighted by Gasteiger charge is -2.28. The minimum atomic E-state index is -3.18. The van der Waals surface area contributed by atoms with Crippen molar-refractivity contribution >= 4 is 0 Å². The molecule has 1 nitrogen and oxygen atoms in total. The number of rotatable bonds is 11. The molecule has 0 radical (unpaired) electrons. The summed E-state index contributed by atoms with van der Waals surface area (Å²) in [6.07, 6.45) is 14.7. The fraction of sp³-hybridized carbons (Fsp3) is 0.588. The Morgan fingerprint density at radius 2 is 1.27 bits per heavy atom. The lowest BCUT2D eigenvalue weighted by molar-refractivity contribution is -0.244. The Kier molecular flexibility index (Phi) is 10.4. The summed E-state index contributed by atoms with van der Waals surface area (Å²) >= 11 is 0. The number of alkyl halides is 2. The van der Waals surface area contributed by atoms with Gasteiger partial charge in [-0.15, -0.1) is 0 Å². The van der Waals surface area contributed by atoms with Crippen LogP contribution in [0, 0.1) is 11.8 Å². The van der Waals surface area contributed by atoms with E-state index in [4.69, 9.17) is 4.74 Å². The summed E-state index contributed by atoms with van der Waals surface area (Å²) in [5.74, 6) is 2.88. The van der Waals surface area contributed by atoms with Gasteiger partial charge in [-0.05, 0) is 117 Å². The van der Waals surface area contributed by atoms with Crippen LogP contribution in [0.15, 0.2) is 60.7 Å². The van der Waals surface area contributed by atoms with Gasteiger partial charge in [0.1, 0.15) is 0 Å². The van der Waals surface area contributed by atoms with Gasteiger partial charge in [0.25, 0.3) is 0 Å². The van der Waals surface area contributed by atoms with E-state index in [1.807, 2.05) is 24.3 Å². The van der Waals surface area contributed by atoms with Crippen LogP contribution in [0.3, 0.4) is 0 Å². The third-order valence-electron chi connectivity index (χ3n) is 9.01. The maximum atomic E-state index is 14.6. The zero-order valence-electron chi connectivity index (χ0n) is 22.9. The molecule has 2 aromatic carbocycles. The highest BCUT2D eigenvalue weighted by molar-refractivity contribution is 5.27. The summed E-state index contributed by atoms with van der Waals surface area (Å²) in [6.45, 7) is 4.30. The van der Waals surface area contributed by atoms with Crippen LogP contribution >= 0.6 is 0 Å². The van der Waals surface area contributed by atoms with Crippen molar-refractivity contribution in [3.05, 3.63) is 82.9 Å². The highest BCUT2D eigenvalue weighted by Crippen LogP contribution is 2.38. The van der Waals surface area contributed by atoms with Crippen molar-refractivity contribution in [3.63, 3.8) is 0 Å². The first-order chi connectivity index (χ1) is 18.0. The average molecular weight is 509 g/mol. The summed E-state index contributed by atoms with van der Waals surface area (Å²) in [7, 11) is 0. The van der Waals surface area contributed by atoms with E-state index in [-0.39, 0.29) is 13.0 Å². The second-order valence-corrected chi connectivity index (χ2v) is 11.6. The third kappa shape index (κ3) is 8.50. The fourth-order valence-electron chi connectivity index (χ4n) is 6.46. The van der Waals surface area contributed by atoms with Gasteiger partial charge < -0.3 is 4.74 Å². The highest BCUT2D eigenvalue weighted by Gasteiger charge is 2.31. The van der Waals surface area contributed by atoms with Crippen molar-refractivity contribution in [1.29, 1.82) is 0 Å². The van der Waals surface area contributed by atoms with E-state index in [0.29, 0.717) is 17.4 Å². The van der Waals surface area contributed by atoms with Crippen molar-refractivity contribution in [2.75, 3.05) is 0 Å². The monoisotopic (exact) mass is 508 g/mol. The molecule has 202 valence electrons. The Morgan fingerprint density at radius 1 is 0.757 bits per heavy atom. The molecule has 0 saturated heterocycles. The first-order valence-electron chi connectivity index (χ1n) is 14.8. The van der Waals surface area contributed by atoms with Gasteiger partial charge in [0.05, 0.1) is 13.0 Å². The molecule has 37 heavy (non-hydrogen) atoms. The van der Waals surface area contributed by atoms with Crippen molar-refractivity contribution < 1.29 is 13.5 Å². The standard InChI is InChI=1S/C34H46F2O/c1-3-5-6-7-27-10-18-31(19-11-27)33-22-14-29(15-23-33)25-37-34(35,36)24-28-12-20-32(21-13-28)30-16-8-26(4-2)9-17-30/h3,5,12-15,20-23,26-27,30-31H,4,6-11,16-19,24-25H2,1-2H3. The minimum Gasteiger partial charge on any atom is -0.315 e. The van der Waals surface area contributed by atoms with Crippen LogP contribution in [0.5, 0.6) is 0 Å². The largest absolute Gasteiger partial charge is 0.360 e. The Bertz CT molecular complexity index is 946. The molecular formula is C34H46F2O. The lowest BCUT2D eigenvalue weighted by Crippen LogP contribution is -2.23. The summed E-state index contributed by atoms with van der Waals surface area (Å²) in [5.41, 5.74) is 4.07. The van der Waals surface area contributed by atoms with Gasteiger partial charge in [0, 0.05) is 0 Å². The second kappa shape index (κ2) is 13.7. The topological polar surface area (TPSA) is 9.23 Å². The summed E-state index contributed by atoms with van der Waals surface area (Å²) in [5, 5.41) is 0. The molecule has 0 aliphatic heterocycles. The molecule has 2 fully saturated rings. The predicted molar refractivity (Wildman–Crippen MR) is 150 cm³/mol. The third-order valence-corrected chi connectivity index (χ3v) is 9.01. The van der Waals surface area contributed by atoms with Crippen molar-refractivity contribution in [2.24, 2.45) is 11.8 Å². The van der Waals surface area contributed by atoms with Crippen molar-refractivity contribution in [1.82, 2.24) is 0 Å². The van der Waals surface area contributed by atoms with Crippen LogP contribution in [-0.4, -0.2) is 6.11 Å². The summed E-state index contributed by atoms with van der Waals surface area (Å²) in [6, 6.07) is 16.0. The number of hydrogen-bond donors (Lipinski definition) is 0. The van der Waals surface area contributed by atoms with Crippen LogP contribution in [0.25, 0.3) is 0 Å². The van der Waals surface area contributed by atoms with E-state index >= 15 is 0 Å². The van der Waals surface area contributed by atoms with E-state index in [1.165, 1.54) is 81.8 Å². The molecule has 2 aliphatic carbocycles. The molecule has 2 aliphatic rings. The average Bonchev–Trinajstić information content (AvgIpc) is 2.93. The number of benzene rings is 2. The van der Waals surface area contributed by atoms with E-state index in [9.17, 15) is 8.78 Å². The van der Waals surface area contributed by atoms with Gasteiger partial charge in [-0.2, -0.15) is 8.78 Å². The summed E-state index contributed by atoms with van der Waals surface area (Å²) < 4.78 is 34.3. The van der Waals surface area contributed by atoms with Crippen LogP contribution in [0.1, 0.15) is 119 Å². The van der Waals surface area contributed by atoms with E-state index in [1.54, 1.807) is 0 Å². The van der Waals surface area contributed by atoms with Gasteiger partial charge >= 0.3 is 6.11 Å². The molecule has 0 amide bonds. The normalized spacial score (nSPS) is 25.0. The number of allylic oxidation sites excluding steroid dienone is 2. The Balaban J connectivity index is 1.21. The van der Waals surface area contributed by atoms with Gasteiger partial charge in [-0.3, -0.25) is 0 Å². The number of ether oxygens (including phenoxy) is 1. The molecule has 0 N–H and O–H groups in total. The molecule has 2 saturated carbocycles. The molecule has 4 rings (SSSR count). The lowest BCUT2D eigenvalue weighted by atomic mass is 9.77. The maximum Gasteiger partial charge on any atom is 0.360 e. The Labute approximate surface area is 223 Å². The van der Waals surface area contributed by atoms with Gasteiger partial charge in [-0.1, -0.05) is 74.0 Å². The van der Waals surface area contributed by atoms with E-state index in [2.05, 4.69) is 50.3 Å². The zero-order chi connectivity index (χ0) is 26.1. The molecular weight excluding hydrogens is 462 g/mol. The quantitative estimate of drug-likeness (QED) is 0.274. The Hall–Kier alpha value is -2.00. The molecule has 0 heterocycles. The zero-order valence-corrected chi connectivity index (χ0v) is 22.9. The molecule has 0 atom stereocenters. The molecule has 0 unspecified atom stereocenters. The van der Waals surface area contributed by atoms with Gasteiger partial charge in [0.15, 0.2) is 0 Å². The van der Waals surface area contributed by atoms with Crippen LogP contribution in [0.4, 0.5) is 8.78 Å². The van der Waals surface area contributed by atoms with Crippen LogP contribution < -0.4 is 0 Å². The molecule has 3 heteroatoms. The molecule has 2 aromatic rings. The number of hydrogen-bond acceptors (Lipinski definition) is 1. The maximum absolute atomic E-state index is 14.6. The van der Waals surface area contributed by atoms with Crippen LogP contribution in [0.2, 0.25) is 0 Å². The first kappa shape index (κ1) is 28.0. The van der Waals surface area contributed by atoms with E-state index in [0.717, 1.165) is 17.4 Å². The Morgan fingerprint density at radius 3 is 1.78 bits per heavy atom. The smallest absolute Gasteiger partial charge is 0.315 e. The van der Waals surface area contributed by atoms with Crippen LogP contribution in [-0.2, 0) is 17.8 Å². The number of halogens is 2. The van der Waals surface area contributed by atoms with E-state index < -0.39 is 6.11 Å². The van der Waals surface area contributed by atoms with Crippen molar-refractivity contribution in [2.45, 2.75) is 115 Å². The van der Waals surface area contributed by atoms with Gasteiger partial charge in [-0.25, -0.2) is 0 Å². The second-order valence-electron chi connectivity index (χ2n) is 11.6. The SMILES string of the molecule is CC=CCCC1CCC(c2ccc(COC(F)(F)Cc3ccc(C4CCC(CC)CC4)cc3)cc2)CC1. The van der Waals surface area contributed by atoms with Gasteiger partial charge in [0.2, 0.25) is 0 Å². The van der Waals surface area contributed by atoms with Crippen molar-refractivity contribution in [3.8, 4) is 0 Å². The highest BCUT2D eigenvalue weighted by atomic mass is 19.3. The molecule has 0 bridgehead atoms.